The van der Waals surface area contributed by atoms with Gasteiger partial charge in [-0.3, -0.25) is 4.79 Å². The van der Waals surface area contributed by atoms with Crippen molar-refractivity contribution in [2.24, 2.45) is 0 Å². The largest absolute Gasteiger partial charge is 0.338 e. The van der Waals surface area contributed by atoms with Gasteiger partial charge in [0.1, 0.15) is 0 Å². The number of likely N-dealkylation sites (tertiary alicyclic amines) is 1. The van der Waals surface area contributed by atoms with Crippen LogP contribution < -0.4 is 0 Å². The quantitative estimate of drug-likeness (QED) is 0.630. The van der Waals surface area contributed by atoms with Gasteiger partial charge in [0.05, 0.1) is 15.2 Å². The van der Waals surface area contributed by atoms with Crippen molar-refractivity contribution in [3.05, 3.63) is 53.6 Å². The molecule has 4 heteroatoms. The lowest BCUT2D eigenvalue weighted by Crippen LogP contribution is -2.38. The van der Waals surface area contributed by atoms with E-state index < -0.39 is 0 Å². The molecule has 1 fully saturated rings. The summed E-state index contributed by atoms with van der Waals surface area (Å²) in [5, 5.41) is 1.16. The first-order valence-corrected chi connectivity index (χ1v) is 8.53. The van der Waals surface area contributed by atoms with Crippen molar-refractivity contribution < 1.29 is 4.79 Å². The molecule has 3 nitrogen and oxygen atoms in total. The summed E-state index contributed by atoms with van der Waals surface area (Å²) >= 11 is 1.76. The molecule has 0 saturated carbocycles. The van der Waals surface area contributed by atoms with Crippen molar-refractivity contribution in [1.82, 2.24) is 9.88 Å². The highest BCUT2D eigenvalue weighted by Crippen LogP contribution is 2.32. The molecule has 114 valence electrons. The van der Waals surface area contributed by atoms with Gasteiger partial charge < -0.3 is 4.90 Å². The molecule has 1 atom stereocenters. The lowest BCUT2D eigenvalue weighted by molar-refractivity contribution is -0.127. The zero-order valence-corrected chi connectivity index (χ0v) is 13.6. The smallest absolute Gasteiger partial charge is 0.246 e. The Balaban J connectivity index is 1.73. The third-order valence-electron chi connectivity index (χ3n) is 3.94. The highest BCUT2D eigenvalue weighted by atomic mass is 32.1. The fraction of sp³-hybridized carbons (Fsp3) is 0.333. The number of amides is 1. The summed E-state index contributed by atoms with van der Waals surface area (Å²) in [5.41, 5.74) is 1.07. The minimum Gasteiger partial charge on any atom is -0.338 e. The Morgan fingerprint density at radius 2 is 2.23 bits per heavy atom. The van der Waals surface area contributed by atoms with Gasteiger partial charge >= 0.3 is 0 Å². The van der Waals surface area contributed by atoms with E-state index in [4.69, 9.17) is 4.98 Å². The molecule has 0 radical (unpaired) electrons. The average Bonchev–Trinajstić information content (AvgIpc) is 2.99. The Morgan fingerprint density at radius 3 is 3.05 bits per heavy atom. The average molecular weight is 312 g/mol. The molecule has 2 aromatic rings. The fourth-order valence-corrected chi connectivity index (χ4v) is 3.89. The maximum Gasteiger partial charge on any atom is 0.246 e. The maximum absolute atomic E-state index is 12.2. The number of rotatable bonds is 3. The van der Waals surface area contributed by atoms with Gasteiger partial charge in [-0.2, -0.15) is 0 Å². The van der Waals surface area contributed by atoms with Crippen molar-refractivity contribution in [3.8, 4) is 0 Å². The number of carbonyl (C=O) groups is 1. The Labute approximate surface area is 135 Å². The first kappa shape index (κ1) is 15.0. The number of aromatic nitrogens is 1. The van der Waals surface area contributed by atoms with E-state index >= 15 is 0 Å². The highest BCUT2D eigenvalue weighted by molar-refractivity contribution is 7.18. The van der Waals surface area contributed by atoms with E-state index in [1.807, 2.05) is 42.2 Å². The molecular formula is C18H20N2OS. The minimum atomic E-state index is 0.101. The Bertz CT molecular complexity index is 684. The van der Waals surface area contributed by atoms with Gasteiger partial charge in [-0.05, 0) is 31.9 Å². The van der Waals surface area contributed by atoms with Crippen LogP contribution in [0.2, 0.25) is 0 Å². The van der Waals surface area contributed by atoms with Crippen molar-refractivity contribution >= 4 is 27.5 Å². The summed E-state index contributed by atoms with van der Waals surface area (Å²) in [6.07, 6.45) is 9.42. The molecule has 1 aromatic heterocycles. The molecule has 1 aromatic carbocycles. The SMILES string of the molecule is C/C=C/C=C/C(=O)N1CCCC(c2nc3ccccc3s2)C1. The number of thiazole rings is 1. The van der Waals surface area contributed by atoms with Crippen LogP contribution in [-0.2, 0) is 4.79 Å². The van der Waals surface area contributed by atoms with Crippen molar-refractivity contribution in [3.63, 3.8) is 0 Å². The molecule has 0 bridgehead atoms. The van der Waals surface area contributed by atoms with Crippen molar-refractivity contribution in [2.45, 2.75) is 25.7 Å². The van der Waals surface area contributed by atoms with E-state index in [0.29, 0.717) is 5.92 Å². The van der Waals surface area contributed by atoms with Crippen LogP contribution >= 0.6 is 11.3 Å². The monoisotopic (exact) mass is 312 g/mol. The number of hydrogen-bond donors (Lipinski definition) is 0. The molecule has 1 amide bonds. The Hall–Kier alpha value is -1.94. The number of benzene rings is 1. The lowest BCUT2D eigenvalue weighted by Gasteiger charge is -2.31. The van der Waals surface area contributed by atoms with Crippen LogP contribution in [0.15, 0.2) is 48.6 Å². The fourth-order valence-electron chi connectivity index (χ4n) is 2.80. The summed E-state index contributed by atoms with van der Waals surface area (Å²) in [5.74, 6) is 0.467. The molecule has 22 heavy (non-hydrogen) atoms. The van der Waals surface area contributed by atoms with Crippen LogP contribution in [0, 0.1) is 0 Å². The number of nitrogens with zero attached hydrogens (tertiary/aromatic N) is 2. The molecule has 0 aliphatic carbocycles. The third kappa shape index (κ3) is 3.28. The number of carbonyl (C=O) groups excluding carboxylic acids is 1. The molecule has 3 rings (SSSR count). The first-order chi connectivity index (χ1) is 10.8. The number of piperidine rings is 1. The van der Waals surface area contributed by atoms with E-state index in [0.717, 1.165) is 36.5 Å². The van der Waals surface area contributed by atoms with Crippen LogP contribution in [0.1, 0.15) is 30.7 Å². The second kappa shape index (κ2) is 6.88. The van der Waals surface area contributed by atoms with Crippen molar-refractivity contribution in [1.29, 1.82) is 0 Å². The van der Waals surface area contributed by atoms with Crippen molar-refractivity contribution in [2.75, 3.05) is 13.1 Å². The summed E-state index contributed by atoms with van der Waals surface area (Å²) in [6, 6.07) is 8.24. The van der Waals surface area contributed by atoms with Gasteiger partial charge in [0, 0.05) is 25.1 Å². The van der Waals surface area contributed by atoms with Crippen LogP contribution in [-0.4, -0.2) is 28.9 Å². The maximum atomic E-state index is 12.2. The lowest BCUT2D eigenvalue weighted by atomic mass is 9.98. The summed E-state index contributed by atoms with van der Waals surface area (Å²) in [6.45, 7) is 3.57. The molecule has 0 spiro atoms. The summed E-state index contributed by atoms with van der Waals surface area (Å²) in [4.78, 5) is 18.9. The number of para-hydroxylation sites is 1. The Kier molecular flexibility index (Phi) is 4.68. The highest BCUT2D eigenvalue weighted by Gasteiger charge is 2.25. The van der Waals surface area contributed by atoms with E-state index in [2.05, 4.69) is 12.1 Å². The second-order valence-corrected chi connectivity index (χ2v) is 6.59. The topological polar surface area (TPSA) is 33.2 Å². The van der Waals surface area contributed by atoms with Gasteiger partial charge in [-0.1, -0.05) is 30.4 Å². The number of fused-ring (bicyclic) bond motifs is 1. The zero-order chi connectivity index (χ0) is 15.4. The van der Waals surface area contributed by atoms with Gasteiger partial charge in [-0.15, -0.1) is 11.3 Å². The molecular weight excluding hydrogens is 292 g/mol. The summed E-state index contributed by atoms with van der Waals surface area (Å²) < 4.78 is 1.23. The molecule has 1 unspecified atom stereocenters. The predicted molar refractivity (Wildman–Crippen MR) is 92.1 cm³/mol. The third-order valence-corrected chi connectivity index (χ3v) is 5.13. The minimum absolute atomic E-state index is 0.101. The molecule has 1 saturated heterocycles. The second-order valence-electron chi connectivity index (χ2n) is 5.53. The van der Waals surface area contributed by atoms with Gasteiger partial charge in [-0.25, -0.2) is 4.98 Å². The van der Waals surface area contributed by atoms with Gasteiger partial charge in [0.2, 0.25) is 5.91 Å². The van der Waals surface area contributed by atoms with E-state index in [1.165, 1.54) is 4.70 Å². The molecule has 2 heterocycles. The van der Waals surface area contributed by atoms with E-state index in [9.17, 15) is 4.79 Å². The van der Waals surface area contributed by atoms with Crippen LogP contribution in [0.25, 0.3) is 10.2 Å². The Morgan fingerprint density at radius 1 is 1.36 bits per heavy atom. The van der Waals surface area contributed by atoms with Crippen LogP contribution in [0.5, 0.6) is 0 Å². The zero-order valence-electron chi connectivity index (χ0n) is 12.7. The van der Waals surface area contributed by atoms with E-state index in [1.54, 1.807) is 17.4 Å². The first-order valence-electron chi connectivity index (χ1n) is 7.71. The molecule has 1 aliphatic rings. The predicted octanol–water partition coefficient (Wildman–Crippen LogP) is 4.13. The standard InChI is InChI=1S/C18H20N2OS/c1-2-3-4-11-17(21)20-12-7-8-14(13-20)18-19-15-9-5-6-10-16(15)22-18/h2-6,9-11,14H,7-8,12-13H2,1H3/b3-2+,11-4+. The van der Waals surface area contributed by atoms with Gasteiger partial charge in [0.25, 0.3) is 0 Å². The number of allylic oxidation sites excluding steroid dienone is 3. The van der Waals surface area contributed by atoms with Gasteiger partial charge in [0.15, 0.2) is 0 Å². The molecule has 0 N–H and O–H groups in total. The number of hydrogen-bond acceptors (Lipinski definition) is 3. The van der Waals surface area contributed by atoms with Crippen LogP contribution in [0.3, 0.4) is 0 Å². The normalized spacial score (nSPS) is 19.5. The van der Waals surface area contributed by atoms with E-state index in [-0.39, 0.29) is 5.91 Å². The summed E-state index contributed by atoms with van der Waals surface area (Å²) in [7, 11) is 0. The van der Waals surface area contributed by atoms with Crippen LogP contribution in [0.4, 0.5) is 0 Å². The molecule has 1 aliphatic heterocycles.